The Hall–Kier alpha value is -3.87. The summed E-state index contributed by atoms with van der Waals surface area (Å²) in [5.74, 6) is 0.387. The second-order valence-corrected chi connectivity index (χ2v) is 13.6. The first kappa shape index (κ1) is 30.2. The van der Waals surface area contributed by atoms with Gasteiger partial charge in [0.05, 0.1) is 23.4 Å². The van der Waals surface area contributed by atoms with Crippen molar-refractivity contribution in [1.29, 1.82) is 0 Å². The van der Waals surface area contributed by atoms with Gasteiger partial charge >= 0.3 is 5.97 Å². The van der Waals surface area contributed by atoms with Crippen LogP contribution in [0, 0.1) is 6.92 Å². The molecule has 3 aliphatic rings. The van der Waals surface area contributed by atoms with E-state index in [9.17, 15) is 9.90 Å². The average molecular weight is 619 g/mol. The standard InChI is InChI=1S/C32H38N6O5S/c1-20-26(27(30(39)40)43-31(2,3)4)29-37-13-10-32(5,11-14-37)42-15-12-33-19-41-24-9-7-6-8-21(24)16-22-18-34-28(44-22)23-17-25(35-20)38(29)36-23/h6-9,12,17-18,27H,10-11,13-16,19H2,1-5H3,(H,39,40). The summed E-state index contributed by atoms with van der Waals surface area (Å²) in [4.78, 5) is 29.9. The lowest BCUT2D eigenvalue weighted by molar-refractivity contribution is -0.160. The normalized spacial score (nSPS) is 17.8. The second kappa shape index (κ2) is 11.9. The van der Waals surface area contributed by atoms with Crippen molar-refractivity contribution in [3.05, 3.63) is 58.2 Å². The third kappa shape index (κ3) is 6.33. The monoisotopic (exact) mass is 618 g/mol. The van der Waals surface area contributed by atoms with E-state index in [1.165, 1.54) is 0 Å². The highest BCUT2D eigenvalue weighted by molar-refractivity contribution is 7.15. The molecule has 1 saturated heterocycles. The minimum atomic E-state index is -1.23. The molecule has 0 amide bonds. The van der Waals surface area contributed by atoms with Gasteiger partial charge in [0.1, 0.15) is 22.3 Å². The van der Waals surface area contributed by atoms with E-state index in [1.807, 2.05) is 64.2 Å². The maximum atomic E-state index is 12.7. The Balaban J connectivity index is 1.49. The van der Waals surface area contributed by atoms with Gasteiger partial charge in [-0.3, -0.25) is 4.99 Å². The van der Waals surface area contributed by atoms with Crippen molar-refractivity contribution in [2.75, 3.05) is 31.3 Å². The summed E-state index contributed by atoms with van der Waals surface area (Å²) in [7, 11) is 0. The number of aliphatic carboxylic acids is 1. The molecule has 12 heteroatoms. The van der Waals surface area contributed by atoms with Gasteiger partial charge in [0.2, 0.25) is 0 Å². The van der Waals surface area contributed by atoms with E-state index in [-0.39, 0.29) is 12.3 Å². The fraction of sp³-hybridized carbons (Fsp3) is 0.469. The molecule has 3 aromatic heterocycles. The van der Waals surface area contributed by atoms with Gasteiger partial charge in [-0.2, -0.15) is 9.61 Å². The van der Waals surface area contributed by atoms with Crippen LogP contribution < -0.4 is 9.64 Å². The van der Waals surface area contributed by atoms with Gasteiger partial charge < -0.3 is 24.2 Å². The molecule has 0 radical (unpaired) electrons. The van der Waals surface area contributed by atoms with E-state index in [2.05, 4.69) is 16.8 Å². The number of nitrogens with zero attached hydrogens (tertiary/aromatic N) is 6. The molecule has 4 aromatic rings. The topological polar surface area (TPSA) is 124 Å². The van der Waals surface area contributed by atoms with Gasteiger partial charge in [0.25, 0.3) is 0 Å². The number of fused-ring (bicyclic) bond motifs is 6. The maximum absolute atomic E-state index is 12.7. The Kier molecular flexibility index (Phi) is 8.16. The zero-order chi connectivity index (χ0) is 31.1. The first-order chi connectivity index (χ1) is 21.0. The van der Waals surface area contributed by atoms with Gasteiger partial charge in [-0.25, -0.2) is 14.8 Å². The molecule has 11 nitrogen and oxygen atoms in total. The molecule has 232 valence electrons. The van der Waals surface area contributed by atoms with Gasteiger partial charge in [-0.1, -0.05) is 18.2 Å². The SMILES string of the molecule is Cc1nc2cc3nn2c(c1C(OC(C)(C)C)C(=O)O)N1CCC(C)(CC1)OCC=NCOc1ccccc1Cc1cnc-3s1. The van der Waals surface area contributed by atoms with Crippen molar-refractivity contribution in [1.82, 2.24) is 19.6 Å². The van der Waals surface area contributed by atoms with Crippen LogP contribution in [-0.4, -0.2) is 74.5 Å². The van der Waals surface area contributed by atoms with Crippen LogP contribution in [0.1, 0.15) is 68.3 Å². The lowest BCUT2D eigenvalue weighted by atomic mass is 9.92. The third-order valence-electron chi connectivity index (χ3n) is 7.92. The van der Waals surface area contributed by atoms with Crippen molar-refractivity contribution in [2.24, 2.45) is 4.99 Å². The molecule has 0 aliphatic carbocycles. The number of rotatable bonds is 3. The number of piperidine rings is 1. The number of aliphatic imine (C=N–C) groups is 1. The summed E-state index contributed by atoms with van der Waals surface area (Å²) in [6, 6.07) is 9.86. The molecule has 1 unspecified atom stereocenters. The van der Waals surface area contributed by atoms with E-state index in [0.29, 0.717) is 54.5 Å². The largest absolute Gasteiger partial charge is 0.479 e. The highest BCUT2D eigenvalue weighted by Crippen LogP contribution is 2.39. The zero-order valence-corrected chi connectivity index (χ0v) is 26.6. The Morgan fingerprint density at radius 1 is 1.20 bits per heavy atom. The van der Waals surface area contributed by atoms with E-state index in [4.69, 9.17) is 29.3 Å². The number of para-hydroxylation sites is 1. The van der Waals surface area contributed by atoms with Gasteiger partial charge in [0, 0.05) is 48.6 Å². The molecule has 3 aliphatic heterocycles. The number of ether oxygens (including phenoxy) is 3. The predicted molar refractivity (Wildman–Crippen MR) is 169 cm³/mol. The number of anilines is 1. The van der Waals surface area contributed by atoms with Crippen molar-refractivity contribution < 1.29 is 24.1 Å². The Labute approximate surface area is 260 Å². The van der Waals surface area contributed by atoms with E-state index >= 15 is 0 Å². The first-order valence-electron chi connectivity index (χ1n) is 14.8. The van der Waals surface area contributed by atoms with Crippen LogP contribution in [0.15, 0.2) is 41.5 Å². The molecule has 6 bridgehead atoms. The first-order valence-corrected chi connectivity index (χ1v) is 15.7. The number of hydrogen-bond acceptors (Lipinski definition) is 10. The zero-order valence-electron chi connectivity index (χ0n) is 25.7. The van der Waals surface area contributed by atoms with Crippen molar-refractivity contribution in [3.63, 3.8) is 0 Å². The highest BCUT2D eigenvalue weighted by Gasteiger charge is 2.38. The third-order valence-corrected chi connectivity index (χ3v) is 8.94. The molecule has 6 heterocycles. The number of benzene rings is 1. The van der Waals surface area contributed by atoms with Gasteiger partial charge in [-0.05, 0) is 59.1 Å². The van der Waals surface area contributed by atoms with Crippen LogP contribution in [0.2, 0.25) is 0 Å². The minimum absolute atomic E-state index is 0.205. The summed E-state index contributed by atoms with van der Waals surface area (Å²) >= 11 is 1.56. The number of carbonyl (C=O) groups is 1. The van der Waals surface area contributed by atoms with Crippen LogP contribution in [0.4, 0.5) is 5.82 Å². The van der Waals surface area contributed by atoms with Crippen LogP contribution in [0.3, 0.4) is 0 Å². The van der Waals surface area contributed by atoms with Crippen molar-refractivity contribution in [2.45, 2.75) is 71.2 Å². The molecule has 1 fully saturated rings. The Morgan fingerprint density at radius 2 is 1.98 bits per heavy atom. The number of aromatic nitrogens is 4. The minimum Gasteiger partial charge on any atom is -0.479 e. The smallest absolute Gasteiger partial charge is 0.337 e. The molecule has 0 saturated carbocycles. The lowest BCUT2D eigenvalue weighted by Gasteiger charge is -2.41. The predicted octanol–water partition coefficient (Wildman–Crippen LogP) is 5.49. The van der Waals surface area contributed by atoms with E-state index in [1.54, 1.807) is 22.1 Å². The quantitative estimate of drug-likeness (QED) is 0.317. The summed E-state index contributed by atoms with van der Waals surface area (Å²) in [6.07, 6.45) is 4.51. The fourth-order valence-corrected chi connectivity index (χ4v) is 6.58. The summed E-state index contributed by atoms with van der Waals surface area (Å²) < 4.78 is 20.2. The maximum Gasteiger partial charge on any atom is 0.337 e. The number of carboxylic acid groups (broad SMARTS) is 1. The second-order valence-electron chi connectivity index (χ2n) is 12.5. The molecule has 44 heavy (non-hydrogen) atoms. The molecule has 1 aromatic carbocycles. The molecular formula is C32H38N6O5S. The average Bonchev–Trinajstić information content (AvgIpc) is 3.60. The molecule has 1 N–H and O–H groups in total. The van der Waals surface area contributed by atoms with Crippen LogP contribution in [0.25, 0.3) is 16.3 Å². The fourth-order valence-electron chi connectivity index (χ4n) is 5.69. The highest BCUT2D eigenvalue weighted by atomic mass is 32.1. The summed E-state index contributed by atoms with van der Waals surface area (Å²) in [6.45, 7) is 11.4. The summed E-state index contributed by atoms with van der Waals surface area (Å²) in [5, 5.41) is 16.1. The lowest BCUT2D eigenvalue weighted by Crippen LogP contribution is -2.46. The Bertz CT molecular complexity index is 1700. The Morgan fingerprint density at radius 3 is 2.73 bits per heavy atom. The number of aryl methyl sites for hydroxylation is 1. The van der Waals surface area contributed by atoms with E-state index < -0.39 is 17.7 Å². The molecule has 7 rings (SSSR count). The number of hydrogen-bond donors (Lipinski definition) is 1. The molecular weight excluding hydrogens is 580 g/mol. The molecule has 1 atom stereocenters. The van der Waals surface area contributed by atoms with E-state index in [0.717, 1.165) is 34.0 Å². The number of carboxylic acids is 1. The van der Waals surface area contributed by atoms with Crippen molar-refractivity contribution in [3.8, 4) is 16.5 Å². The molecule has 0 spiro atoms. The van der Waals surface area contributed by atoms with Gasteiger partial charge in [-0.15, -0.1) is 11.3 Å². The number of thiazole rings is 1. The van der Waals surface area contributed by atoms with Crippen molar-refractivity contribution >= 4 is 35.0 Å². The van der Waals surface area contributed by atoms with Crippen LogP contribution in [-0.2, 0) is 20.7 Å². The van der Waals surface area contributed by atoms with Crippen LogP contribution >= 0.6 is 11.3 Å². The van der Waals surface area contributed by atoms with Gasteiger partial charge in [0.15, 0.2) is 18.5 Å². The van der Waals surface area contributed by atoms with Crippen LogP contribution in [0.5, 0.6) is 5.75 Å². The summed E-state index contributed by atoms with van der Waals surface area (Å²) in [5.41, 5.74) is 2.37.